The Kier molecular flexibility index (Phi) is 11.7. The molecular weight excluding hydrogens is 348 g/mol. The number of rotatable bonds is 12. The molecule has 0 N–H and O–H groups in total. The normalized spacial score (nSPS) is 12.8. The van der Waals surface area contributed by atoms with Crippen LogP contribution in [0.5, 0.6) is 0 Å². The fourth-order valence-electron chi connectivity index (χ4n) is 2.71. The van der Waals surface area contributed by atoms with Gasteiger partial charge in [-0.25, -0.2) is 4.79 Å². The number of carbonyl (C=O) groups is 1. The van der Waals surface area contributed by atoms with E-state index in [1.807, 2.05) is 6.08 Å². The number of hydrogen-bond acceptors (Lipinski definition) is 3. The van der Waals surface area contributed by atoms with Gasteiger partial charge in [-0.15, -0.1) is 0 Å². The smallest absolute Gasteiger partial charge is 0.374 e. The van der Waals surface area contributed by atoms with E-state index >= 15 is 0 Å². The summed E-state index contributed by atoms with van der Waals surface area (Å²) in [5, 5.41) is 0. The van der Waals surface area contributed by atoms with E-state index in [-0.39, 0.29) is 12.4 Å². The number of carbonyl (C=O) groups excluding carboxylic acids is 1. The monoisotopic (exact) mass is 384 g/mol. The van der Waals surface area contributed by atoms with Crippen LogP contribution in [-0.2, 0) is 4.74 Å². The van der Waals surface area contributed by atoms with Crippen molar-refractivity contribution in [1.29, 1.82) is 0 Å². The zero-order chi connectivity index (χ0) is 20.8. The van der Waals surface area contributed by atoms with Gasteiger partial charge >= 0.3 is 5.97 Å². The second kappa shape index (κ2) is 13.8. The molecule has 1 aromatic rings. The second-order valence-corrected chi connectivity index (χ2v) is 7.62. The Hall–Kier alpha value is -2.29. The molecule has 0 spiro atoms. The molecule has 28 heavy (non-hydrogen) atoms. The molecule has 154 valence electrons. The van der Waals surface area contributed by atoms with Crippen molar-refractivity contribution in [2.45, 2.75) is 73.1 Å². The number of furan rings is 1. The lowest BCUT2D eigenvalue weighted by molar-refractivity contribution is 0.0512. The maximum Gasteiger partial charge on any atom is 0.374 e. The number of hydrogen-bond donors (Lipinski definition) is 0. The van der Waals surface area contributed by atoms with Gasteiger partial charge in [0.05, 0.1) is 6.26 Å². The number of esters is 1. The molecule has 0 aliphatic carbocycles. The molecule has 0 aliphatic heterocycles. The Balaban J connectivity index is 2.22. The fraction of sp³-hybridized carbons (Fsp3) is 0.480. The summed E-state index contributed by atoms with van der Waals surface area (Å²) in [4.78, 5) is 11.7. The van der Waals surface area contributed by atoms with Gasteiger partial charge in [-0.2, -0.15) is 0 Å². The van der Waals surface area contributed by atoms with E-state index in [4.69, 9.17) is 9.15 Å². The highest BCUT2D eigenvalue weighted by molar-refractivity contribution is 5.86. The quantitative estimate of drug-likeness (QED) is 0.275. The predicted octanol–water partition coefficient (Wildman–Crippen LogP) is 7.58. The minimum atomic E-state index is -0.422. The first-order valence-electron chi connectivity index (χ1n) is 10.2. The highest BCUT2D eigenvalue weighted by Gasteiger charge is 2.08. The highest BCUT2D eigenvalue weighted by atomic mass is 16.5. The van der Waals surface area contributed by atoms with Crippen LogP contribution < -0.4 is 0 Å². The molecule has 0 radical (unpaired) electrons. The zero-order valence-corrected chi connectivity index (χ0v) is 18.2. The van der Waals surface area contributed by atoms with Crippen molar-refractivity contribution >= 4 is 5.97 Å². The molecule has 1 aromatic heterocycles. The zero-order valence-electron chi connectivity index (χ0n) is 18.2. The molecule has 0 unspecified atom stereocenters. The molecule has 0 atom stereocenters. The Labute approximate surface area is 170 Å². The van der Waals surface area contributed by atoms with E-state index in [1.54, 1.807) is 12.1 Å². The van der Waals surface area contributed by atoms with Crippen LogP contribution in [0.4, 0.5) is 0 Å². The Morgan fingerprint density at radius 3 is 1.89 bits per heavy atom. The summed E-state index contributed by atoms with van der Waals surface area (Å²) in [6.45, 7) is 11.1. The third-order valence-corrected chi connectivity index (χ3v) is 4.52. The standard InChI is InChI=1S/C25H36O3/c1-20(2)10-6-11-21(3)12-7-13-22(4)14-8-15-23(5)17-19-28-25(26)24-16-9-18-27-24/h9-10,12,14,16-18H,6-8,11,13,15,19H2,1-5H3/b21-12+,22-14?,23-17+. The summed E-state index contributed by atoms with van der Waals surface area (Å²) in [5.41, 5.74) is 5.54. The lowest BCUT2D eigenvalue weighted by Gasteiger charge is -2.03. The fourth-order valence-corrected chi connectivity index (χ4v) is 2.71. The summed E-state index contributed by atoms with van der Waals surface area (Å²) in [6.07, 6.45) is 16.9. The molecule has 0 saturated heterocycles. The molecule has 0 aromatic carbocycles. The lowest BCUT2D eigenvalue weighted by atomic mass is 10.0. The molecular formula is C25H36O3. The molecule has 0 saturated carbocycles. The molecule has 0 fully saturated rings. The largest absolute Gasteiger partial charge is 0.457 e. The van der Waals surface area contributed by atoms with Crippen molar-refractivity contribution in [1.82, 2.24) is 0 Å². The predicted molar refractivity (Wildman–Crippen MR) is 117 cm³/mol. The van der Waals surface area contributed by atoms with Crippen molar-refractivity contribution in [3.05, 3.63) is 70.8 Å². The van der Waals surface area contributed by atoms with Crippen LogP contribution in [0, 0.1) is 0 Å². The van der Waals surface area contributed by atoms with Crippen LogP contribution in [0.2, 0.25) is 0 Å². The first-order chi connectivity index (χ1) is 13.4. The van der Waals surface area contributed by atoms with Gasteiger partial charge in [0, 0.05) is 0 Å². The van der Waals surface area contributed by atoms with Crippen molar-refractivity contribution in [2.75, 3.05) is 6.61 Å². The Morgan fingerprint density at radius 1 is 0.857 bits per heavy atom. The second-order valence-electron chi connectivity index (χ2n) is 7.62. The van der Waals surface area contributed by atoms with Gasteiger partial charge in [-0.1, -0.05) is 40.5 Å². The van der Waals surface area contributed by atoms with E-state index in [9.17, 15) is 4.79 Å². The molecule has 0 amide bonds. The topological polar surface area (TPSA) is 39.4 Å². The average Bonchev–Trinajstić information content (AvgIpc) is 3.16. The van der Waals surface area contributed by atoms with E-state index in [0.717, 1.165) is 38.5 Å². The highest BCUT2D eigenvalue weighted by Crippen LogP contribution is 2.13. The maximum atomic E-state index is 11.7. The lowest BCUT2D eigenvalue weighted by Crippen LogP contribution is -2.03. The molecule has 3 nitrogen and oxygen atoms in total. The minimum absolute atomic E-state index is 0.242. The number of ether oxygens (including phenoxy) is 1. The van der Waals surface area contributed by atoms with Gasteiger partial charge in [0.15, 0.2) is 0 Å². The van der Waals surface area contributed by atoms with Gasteiger partial charge in [0.2, 0.25) is 5.76 Å². The third-order valence-electron chi connectivity index (χ3n) is 4.52. The van der Waals surface area contributed by atoms with Gasteiger partial charge in [0.25, 0.3) is 0 Å². The van der Waals surface area contributed by atoms with E-state index < -0.39 is 5.97 Å². The van der Waals surface area contributed by atoms with Crippen molar-refractivity contribution in [3.63, 3.8) is 0 Å². The number of allylic oxidation sites excluding steroid dienone is 7. The van der Waals surface area contributed by atoms with Crippen LogP contribution in [-0.4, -0.2) is 12.6 Å². The summed E-state index contributed by atoms with van der Waals surface area (Å²) in [7, 11) is 0. The first-order valence-corrected chi connectivity index (χ1v) is 10.2. The molecule has 1 heterocycles. The van der Waals surface area contributed by atoms with Crippen LogP contribution in [0.1, 0.15) is 83.7 Å². The summed E-state index contributed by atoms with van der Waals surface area (Å²) < 4.78 is 10.2. The minimum Gasteiger partial charge on any atom is -0.457 e. The maximum absolute atomic E-state index is 11.7. The molecule has 0 bridgehead atoms. The average molecular weight is 385 g/mol. The third kappa shape index (κ3) is 11.4. The van der Waals surface area contributed by atoms with E-state index in [2.05, 4.69) is 52.8 Å². The van der Waals surface area contributed by atoms with Crippen LogP contribution in [0.15, 0.2) is 69.4 Å². The first kappa shape index (κ1) is 23.7. The van der Waals surface area contributed by atoms with E-state index in [1.165, 1.54) is 28.6 Å². The van der Waals surface area contributed by atoms with Crippen LogP contribution >= 0.6 is 0 Å². The van der Waals surface area contributed by atoms with Gasteiger partial charge < -0.3 is 9.15 Å². The SMILES string of the molecule is CC(C)=CCC/C(C)=C/CCC(C)=CCC/C(C)=C/COC(=O)c1ccco1. The molecule has 1 rings (SSSR count). The van der Waals surface area contributed by atoms with Crippen LogP contribution in [0.25, 0.3) is 0 Å². The van der Waals surface area contributed by atoms with Gasteiger partial charge in [-0.05, 0) is 91.4 Å². The summed E-state index contributed by atoms with van der Waals surface area (Å²) >= 11 is 0. The van der Waals surface area contributed by atoms with Crippen molar-refractivity contribution < 1.29 is 13.9 Å². The van der Waals surface area contributed by atoms with Gasteiger partial charge in [0.1, 0.15) is 6.61 Å². The summed E-state index contributed by atoms with van der Waals surface area (Å²) in [6, 6.07) is 3.28. The Bertz CT molecular complexity index is 696. The molecule has 3 heteroatoms. The van der Waals surface area contributed by atoms with Gasteiger partial charge in [-0.3, -0.25) is 0 Å². The van der Waals surface area contributed by atoms with Crippen molar-refractivity contribution in [2.24, 2.45) is 0 Å². The molecule has 0 aliphatic rings. The summed E-state index contributed by atoms with van der Waals surface area (Å²) in [5.74, 6) is -0.181. The Morgan fingerprint density at radius 2 is 1.39 bits per heavy atom. The van der Waals surface area contributed by atoms with Crippen molar-refractivity contribution in [3.8, 4) is 0 Å². The van der Waals surface area contributed by atoms with Crippen LogP contribution in [0.3, 0.4) is 0 Å². The van der Waals surface area contributed by atoms with E-state index in [0.29, 0.717) is 0 Å².